The topological polar surface area (TPSA) is 72.8 Å². The molecule has 0 aliphatic carbocycles. The molecule has 3 aromatic carbocycles. The number of fused-ring (bicyclic) bond motifs is 2. The molecule has 0 spiro atoms. The molecule has 0 saturated carbocycles. The van der Waals surface area contributed by atoms with Gasteiger partial charge in [-0.25, -0.2) is 0 Å². The Bertz CT molecular complexity index is 1060. The summed E-state index contributed by atoms with van der Waals surface area (Å²) in [6.45, 7) is 7.14. The Kier molecular flexibility index (Phi) is 7.19. The lowest BCUT2D eigenvalue weighted by molar-refractivity contribution is -0.164. The largest absolute Gasteiger partial charge is 0.463 e. The molecule has 5 nitrogen and oxygen atoms in total. The normalized spacial score (nSPS) is 13.7. The minimum absolute atomic E-state index is 0.0519. The summed E-state index contributed by atoms with van der Waals surface area (Å²) in [5, 5.41) is 13.2. The number of hydrogen-bond donors (Lipinski definition) is 1. The zero-order valence-corrected chi connectivity index (χ0v) is 19.3. The van der Waals surface area contributed by atoms with Crippen molar-refractivity contribution in [1.82, 2.24) is 0 Å². The fourth-order valence-electron chi connectivity index (χ4n) is 4.30. The van der Waals surface area contributed by atoms with E-state index in [-0.39, 0.29) is 32.2 Å². The summed E-state index contributed by atoms with van der Waals surface area (Å²) in [6, 6.07) is 18.3. The fraction of sp³-hybridized carbons (Fsp3) is 0.407. The molecule has 5 heteroatoms. The van der Waals surface area contributed by atoms with Crippen molar-refractivity contribution in [1.29, 1.82) is 0 Å². The van der Waals surface area contributed by atoms with Crippen LogP contribution in [-0.2, 0) is 25.7 Å². The van der Waals surface area contributed by atoms with Crippen LogP contribution in [0.5, 0.6) is 0 Å². The van der Waals surface area contributed by atoms with Crippen molar-refractivity contribution in [2.45, 2.75) is 47.1 Å². The summed E-state index contributed by atoms with van der Waals surface area (Å²) in [5.74, 6) is -0.765. The van der Waals surface area contributed by atoms with Gasteiger partial charge in [0, 0.05) is 5.56 Å². The lowest BCUT2D eigenvalue weighted by Gasteiger charge is -2.33. The van der Waals surface area contributed by atoms with Gasteiger partial charge in [0.1, 0.15) is 13.2 Å². The van der Waals surface area contributed by atoms with E-state index in [1.807, 2.05) is 50.2 Å². The molecule has 170 valence electrons. The standard InChI is InChI=1S/C27H32O5/c1-5-27(4,18-26(2,3)24(29)31-15-14-28)25(30)32-17-23-21-12-8-6-10-19(21)16-20-11-7-9-13-22(20)23/h6-13,16,28H,5,14-15,17-18H2,1-4H3. The Hall–Kier alpha value is -2.92. The second-order valence-corrected chi connectivity index (χ2v) is 9.21. The number of carbonyl (C=O) groups excluding carboxylic acids is 2. The number of esters is 2. The van der Waals surface area contributed by atoms with Crippen molar-refractivity contribution in [2.75, 3.05) is 13.2 Å². The molecule has 1 unspecified atom stereocenters. The molecule has 0 aromatic heterocycles. The molecule has 0 aliphatic rings. The molecule has 0 heterocycles. The van der Waals surface area contributed by atoms with Crippen molar-refractivity contribution in [3.63, 3.8) is 0 Å². The van der Waals surface area contributed by atoms with E-state index in [2.05, 4.69) is 18.2 Å². The van der Waals surface area contributed by atoms with Gasteiger partial charge in [0.15, 0.2) is 0 Å². The van der Waals surface area contributed by atoms with Gasteiger partial charge in [0.05, 0.1) is 17.4 Å². The molecule has 32 heavy (non-hydrogen) atoms. The summed E-state index contributed by atoms with van der Waals surface area (Å²) in [7, 11) is 0. The van der Waals surface area contributed by atoms with Crippen LogP contribution in [0.2, 0.25) is 0 Å². The predicted molar refractivity (Wildman–Crippen MR) is 126 cm³/mol. The first-order chi connectivity index (χ1) is 15.2. The Morgan fingerprint density at radius 3 is 1.97 bits per heavy atom. The predicted octanol–water partition coefficient (Wildman–Crippen LogP) is 5.40. The zero-order chi connectivity index (χ0) is 23.4. The minimum atomic E-state index is -0.884. The maximum Gasteiger partial charge on any atom is 0.312 e. The molecule has 0 bridgehead atoms. The third kappa shape index (κ3) is 4.94. The summed E-state index contributed by atoms with van der Waals surface area (Å²) in [6.07, 6.45) is 0.814. The van der Waals surface area contributed by atoms with Gasteiger partial charge in [-0.1, -0.05) is 55.5 Å². The average Bonchev–Trinajstić information content (AvgIpc) is 2.79. The monoisotopic (exact) mass is 436 g/mol. The third-order valence-corrected chi connectivity index (χ3v) is 6.21. The van der Waals surface area contributed by atoms with Gasteiger partial charge in [0.2, 0.25) is 0 Å². The van der Waals surface area contributed by atoms with Gasteiger partial charge >= 0.3 is 11.9 Å². The van der Waals surface area contributed by atoms with E-state index in [0.717, 1.165) is 27.1 Å². The van der Waals surface area contributed by atoms with Crippen molar-refractivity contribution in [2.24, 2.45) is 10.8 Å². The van der Waals surface area contributed by atoms with Gasteiger partial charge in [0.25, 0.3) is 0 Å². The van der Waals surface area contributed by atoms with Crippen LogP contribution in [-0.4, -0.2) is 30.3 Å². The Balaban J connectivity index is 1.85. The highest BCUT2D eigenvalue weighted by Crippen LogP contribution is 2.39. The summed E-state index contributed by atoms with van der Waals surface area (Å²) in [5.41, 5.74) is -0.750. The van der Waals surface area contributed by atoms with Crippen LogP contribution in [0.3, 0.4) is 0 Å². The Morgan fingerprint density at radius 2 is 1.44 bits per heavy atom. The number of aliphatic hydroxyl groups is 1. The van der Waals surface area contributed by atoms with Gasteiger partial charge in [-0.05, 0) is 61.2 Å². The fourth-order valence-corrected chi connectivity index (χ4v) is 4.30. The van der Waals surface area contributed by atoms with Crippen LogP contribution in [0, 0.1) is 10.8 Å². The van der Waals surface area contributed by atoms with Crippen LogP contribution >= 0.6 is 0 Å². The Morgan fingerprint density at radius 1 is 0.875 bits per heavy atom. The van der Waals surface area contributed by atoms with Crippen LogP contribution in [0.4, 0.5) is 0 Å². The molecule has 0 amide bonds. The van der Waals surface area contributed by atoms with Crippen molar-refractivity contribution in [3.05, 3.63) is 60.2 Å². The van der Waals surface area contributed by atoms with Gasteiger partial charge in [-0.3, -0.25) is 9.59 Å². The smallest absolute Gasteiger partial charge is 0.312 e. The second-order valence-electron chi connectivity index (χ2n) is 9.21. The van der Waals surface area contributed by atoms with E-state index < -0.39 is 16.8 Å². The molecule has 0 saturated heterocycles. The average molecular weight is 437 g/mol. The van der Waals surface area contributed by atoms with Crippen molar-refractivity contribution >= 4 is 33.5 Å². The number of ether oxygens (including phenoxy) is 2. The molecule has 1 atom stereocenters. The van der Waals surface area contributed by atoms with E-state index in [9.17, 15) is 9.59 Å². The first-order valence-corrected chi connectivity index (χ1v) is 11.1. The number of benzene rings is 3. The highest BCUT2D eigenvalue weighted by molar-refractivity contribution is 6.02. The molecular weight excluding hydrogens is 404 g/mol. The highest BCUT2D eigenvalue weighted by Gasteiger charge is 2.43. The maximum absolute atomic E-state index is 13.2. The van der Waals surface area contributed by atoms with E-state index in [4.69, 9.17) is 14.6 Å². The summed E-state index contributed by atoms with van der Waals surface area (Å²) >= 11 is 0. The van der Waals surface area contributed by atoms with Gasteiger partial charge in [-0.15, -0.1) is 0 Å². The molecule has 0 radical (unpaired) electrons. The SMILES string of the molecule is CCC(C)(CC(C)(C)C(=O)OCCO)C(=O)OCc1c2ccccc2cc2ccccc12. The molecule has 0 fully saturated rings. The van der Waals surface area contributed by atoms with Gasteiger partial charge < -0.3 is 14.6 Å². The second kappa shape index (κ2) is 9.70. The van der Waals surface area contributed by atoms with Crippen LogP contribution in [0.25, 0.3) is 21.5 Å². The summed E-state index contributed by atoms with van der Waals surface area (Å²) < 4.78 is 11.0. The summed E-state index contributed by atoms with van der Waals surface area (Å²) in [4.78, 5) is 25.7. The number of aliphatic hydroxyl groups excluding tert-OH is 1. The van der Waals surface area contributed by atoms with E-state index in [1.54, 1.807) is 13.8 Å². The first kappa shape index (κ1) is 23.7. The lowest BCUT2D eigenvalue weighted by atomic mass is 9.72. The van der Waals surface area contributed by atoms with Crippen LogP contribution in [0.1, 0.15) is 46.1 Å². The molecule has 1 N–H and O–H groups in total. The van der Waals surface area contributed by atoms with Crippen LogP contribution < -0.4 is 0 Å². The van der Waals surface area contributed by atoms with E-state index in [1.165, 1.54) is 0 Å². The molecular formula is C27H32O5. The third-order valence-electron chi connectivity index (χ3n) is 6.21. The number of hydrogen-bond acceptors (Lipinski definition) is 5. The first-order valence-electron chi connectivity index (χ1n) is 11.1. The number of rotatable bonds is 9. The molecule has 0 aliphatic heterocycles. The highest BCUT2D eigenvalue weighted by atomic mass is 16.5. The number of carbonyl (C=O) groups is 2. The molecule has 3 rings (SSSR count). The van der Waals surface area contributed by atoms with Crippen LogP contribution in [0.15, 0.2) is 54.6 Å². The molecule has 3 aromatic rings. The Labute approximate surface area is 189 Å². The van der Waals surface area contributed by atoms with E-state index >= 15 is 0 Å². The quantitative estimate of drug-likeness (QED) is 0.359. The van der Waals surface area contributed by atoms with E-state index in [0.29, 0.717) is 6.42 Å². The lowest BCUT2D eigenvalue weighted by Crippen LogP contribution is -2.38. The van der Waals surface area contributed by atoms with Crippen molar-refractivity contribution < 1.29 is 24.2 Å². The van der Waals surface area contributed by atoms with Gasteiger partial charge in [-0.2, -0.15) is 0 Å². The van der Waals surface area contributed by atoms with Crippen molar-refractivity contribution in [3.8, 4) is 0 Å². The maximum atomic E-state index is 13.2. The zero-order valence-electron chi connectivity index (χ0n) is 19.3. The minimum Gasteiger partial charge on any atom is -0.463 e.